The van der Waals surface area contributed by atoms with Crippen molar-refractivity contribution >= 4 is 5.91 Å². The van der Waals surface area contributed by atoms with Gasteiger partial charge in [0, 0.05) is 25.7 Å². The Hall–Kier alpha value is -1.35. The van der Waals surface area contributed by atoms with Gasteiger partial charge in [0.2, 0.25) is 0 Å². The Kier molecular flexibility index (Phi) is 5.70. The lowest BCUT2D eigenvalue weighted by Gasteiger charge is -2.17. The van der Waals surface area contributed by atoms with Crippen molar-refractivity contribution in [3.63, 3.8) is 0 Å². The number of unbranched alkanes of at least 4 members (excludes halogenated alkanes) is 2. The van der Waals surface area contributed by atoms with E-state index in [1.54, 1.807) is 4.90 Å². The van der Waals surface area contributed by atoms with Crippen LogP contribution in [0.3, 0.4) is 0 Å². The van der Waals surface area contributed by atoms with Crippen molar-refractivity contribution < 1.29 is 4.79 Å². The number of hydrogen-bond donors (Lipinski definition) is 1. The minimum absolute atomic E-state index is 0.0877. The maximum absolute atomic E-state index is 12.0. The standard InChI is InChI=1S/C14H22N2O/c1-3-4-5-10-16(2)14(17)13-8-6-12(11-15)7-9-13/h6-9H,3-5,10-11,15H2,1-2H3. The molecule has 3 heteroatoms. The summed E-state index contributed by atoms with van der Waals surface area (Å²) < 4.78 is 0. The van der Waals surface area contributed by atoms with Crippen LogP contribution in [0.15, 0.2) is 24.3 Å². The zero-order valence-corrected chi connectivity index (χ0v) is 10.8. The Morgan fingerprint density at radius 1 is 1.24 bits per heavy atom. The van der Waals surface area contributed by atoms with Crippen LogP contribution in [0, 0.1) is 0 Å². The molecule has 0 unspecified atom stereocenters. The molecule has 0 radical (unpaired) electrons. The lowest BCUT2D eigenvalue weighted by atomic mass is 10.1. The van der Waals surface area contributed by atoms with Crippen molar-refractivity contribution in [3.05, 3.63) is 35.4 Å². The van der Waals surface area contributed by atoms with E-state index in [0.717, 1.165) is 24.1 Å². The second-order valence-electron chi connectivity index (χ2n) is 4.33. The van der Waals surface area contributed by atoms with Gasteiger partial charge in [-0.1, -0.05) is 31.9 Å². The van der Waals surface area contributed by atoms with Crippen LogP contribution in [0.25, 0.3) is 0 Å². The van der Waals surface area contributed by atoms with Gasteiger partial charge in [-0.25, -0.2) is 0 Å². The maximum Gasteiger partial charge on any atom is 0.253 e. The molecule has 0 spiro atoms. The van der Waals surface area contributed by atoms with Crippen molar-refractivity contribution in [3.8, 4) is 0 Å². The Labute approximate surface area is 104 Å². The molecule has 17 heavy (non-hydrogen) atoms. The minimum Gasteiger partial charge on any atom is -0.342 e. The Morgan fingerprint density at radius 2 is 1.88 bits per heavy atom. The number of carbonyl (C=O) groups excluding carboxylic acids is 1. The quantitative estimate of drug-likeness (QED) is 0.768. The highest BCUT2D eigenvalue weighted by atomic mass is 16.2. The molecule has 1 aromatic carbocycles. The number of nitrogens with two attached hydrogens (primary N) is 1. The molecule has 0 bridgehead atoms. The van der Waals surface area contributed by atoms with Gasteiger partial charge in [-0.2, -0.15) is 0 Å². The van der Waals surface area contributed by atoms with Gasteiger partial charge in [0.25, 0.3) is 5.91 Å². The van der Waals surface area contributed by atoms with Crippen molar-refractivity contribution in [2.75, 3.05) is 13.6 Å². The van der Waals surface area contributed by atoms with Crippen LogP contribution in [-0.4, -0.2) is 24.4 Å². The van der Waals surface area contributed by atoms with Gasteiger partial charge in [-0.3, -0.25) is 4.79 Å². The summed E-state index contributed by atoms with van der Waals surface area (Å²) in [5.74, 6) is 0.0877. The fourth-order valence-corrected chi connectivity index (χ4v) is 1.70. The molecule has 0 atom stereocenters. The monoisotopic (exact) mass is 234 g/mol. The molecule has 0 aliphatic carbocycles. The van der Waals surface area contributed by atoms with E-state index in [1.807, 2.05) is 31.3 Å². The van der Waals surface area contributed by atoms with Crippen LogP contribution >= 0.6 is 0 Å². The van der Waals surface area contributed by atoms with E-state index in [1.165, 1.54) is 12.8 Å². The fraction of sp³-hybridized carbons (Fsp3) is 0.500. The first-order chi connectivity index (χ1) is 8.19. The molecule has 0 heterocycles. The third-order valence-corrected chi connectivity index (χ3v) is 2.88. The number of rotatable bonds is 6. The zero-order chi connectivity index (χ0) is 12.7. The zero-order valence-electron chi connectivity index (χ0n) is 10.8. The number of carbonyl (C=O) groups is 1. The number of hydrogen-bond acceptors (Lipinski definition) is 2. The summed E-state index contributed by atoms with van der Waals surface area (Å²) in [6, 6.07) is 7.52. The second kappa shape index (κ2) is 7.07. The van der Waals surface area contributed by atoms with E-state index in [9.17, 15) is 4.79 Å². The van der Waals surface area contributed by atoms with Crippen LogP contribution in [0.1, 0.15) is 42.1 Å². The van der Waals surface area contributed by atoms with E-state index in [0.29, 0.717) is 6.54 Å². The van der Waals surface area contributed by atoms with Crippen LogP contribution < -0.4 is 5.73 Å². The molecule has 0 aliphatic heterocycles. The summed E-state index contributed by atoms with van der Waals surface area (Å²) in [5.41, 5.74) is 7.31. The van der Waals surface area contributed by atoms with E-state index in [4.69, 9.17) is 5.73 Å². The molecule has 0 aliphatic rings. The third-order valence-electron chi connectivity index (χ3n) is 2.88. The summed E-state index contributed by atoms with van der Waals surface area (Å²) >= 11 is 0. The molecule has 0 saturated carbocycles. The average Bonchev–Trinajstić information content (AvgIpc) is 2.38. The second-order valence-corrected chi connectivity index (χ2v) is 4.33. The largest absolute Gasteiger partial charge is 0.342 e. The van der Waals surface area contributed by atoms with Gasteiger partial charge in [-0.05, 0) is 24.1 Å². The number of amides is 1. The highest BCUT2D eigenvalue weighted by Gasteiger charge is 2.10. The first kappa shape index (κ1) is 13.7. The molecule has 0 fully saturated rings. The normalized spacial score (nSPS) is 10.3. The van der Waals surface area contributed by atoms with Crippen molar-refractivity contribution in [2.45, 2.75) is 32.7 Å². The molecular weight excluding hydrogens is 212 g/mol. The van der Waals surface area contributed by atoms with Gasteiger partial charge >= 0.3 is 0 Å². The van der Waals surface area contributed by atoms with E-state index >= 15 is 0 Å². The Balaban J connectivity index is 2.55. The van der Waals surface area contributed by atoms with Gasteiger partial charge in [0.1, 0.15) is 0 Å². The molecule has 1 rings (SSSR count). The molecule has 0 saturated heterocycles. The van der Waals surface area contributed by atoms with Gasteiger partial charge in [0.05, 0.1) is 0 Å². The molecule has 94 valence electrons. The highest BCUT2D eigenvalue weighted by molar-refractivity contribution is 5.94. The highest BCUT2D eigenvalue weighted by Crippen LogP contribution is 2.07. The lowest BCUT2D eigenvalue weighted by Crippen LogP contribution is -2.27. The summed E-state index contributed by atoms with van der Waals surface area (Å²) in [6.45, 7) is 3.50. The van der Waals surface area contributed by atoms with Crippen molar-refractivity contribution in [1.29, 1.82) is 0 Å². The SMILES string of the molecule is CCCCCN(C)C(=O)c1ccc(CN)cc1. The van der Waals surface area contributed by atoms with Gasteiger partial charge in [0.15, 0.2) is 0 Å². The number of nitrogens with zero attached hydrogens (tertiary/aromatic N) is 1. The summed E-state index contributed by atoms with van der Waals surface area (Å²) in [4.78, 5) is 13.8. The van der Waals surface area contributed by atoms with Gasteiger partial charge < -0.3 is 10.6 Å². The maximum atomic E-state index is 12.0. The fourth-order valence-electron chi connectivity index (χ4n) is 1.70. The van der Waals surface area contributed by atoms with E-state index < -0.39 is 0 Å². The smallest absolute Gasteiger partial charge is 0.253 e. The molecular formula is C14H22N2O. The van der Waals surface area contributed by atoms with Gasteiger partial charge in [-0.15, -0.1) is 0 Å². The summed E-state index contributed by atoms with van der Waals surface area (Å²) in [6.07, 6.45) is 3.41. The molecule has 1 amide bonds. The Bertz CT molecular complexity index is 346. The molecule has 2 N–H and O–H groups in total. The van der Waals surface area contributed by atoms with Crippen LogP contribution in [-0.2, 0) is 6.54 Å². The van der Waals surface area contributed by atoms with Crippen molar-refractivity contribution in [2.24, 2.45) is 5.73 Å². The predicted molar refractivity (Wildman–Crippen MR) is 70.8 cm³/mol. The van der Waals surface area contributed by atoms with E-state index in [-0.39, 0.29) is 5.91 Å². The average molecular weight is 234 g/mol. The minimum atomic E-state index is 0.0877. The van der Waals surface area contributed by atoms with Crippen LogP contribution in [0.5, 0.6) is 0 Å². The first-order valence-corrected chi connectivity index (χ1v) is 6.23. The van der Waals surface area contributed by atoms with E-state index in [2.05, 4.69) is 6.92 Å². The molecule has 3 nitrogen and oxygen atoms in total. The summed E-state index contributed by atoms with van der Waals surface area (Å²) in [7, 11) is 1.86. The number of benzene rings is 1. The topological polar surface area (TPSA) is 46.3 Å². The Morgan fingerprint density at radius 3 is 2.41 bits per heavy atom. The molecule has 0 aromatic heterocycles. The van der Waals surface area contributed by atoms with Crippen molar-refractivity contribution in [1.82, 2.24) is 4.90 Å². The molecule has 1 aromatic rings. The lowest BCUT2D eigenvalue weighted by molar-refractivity contribution is 0.0792. The first-order valence-electron chi connectivity index (χ1n) is 6.23. The third kappa shape index (κ3) is 4.19. The summed E-state index contributed by atoms with van der Waals surface area (Å²) in [5, 5.41) is 0. The van der Waals surface area contributed by atoms with Crippen LogP contribution in [0.2, 0.25) is 0 Å². The van der Waals surface area contributed by atoms with Crippen LogP contribution in [0.4, 0.5) is 0 Å². The predicted octanol–water partition coefficient (Wildman–Crippen LogP) is 2.41.